The van der Waals surface area contributed by atoms with E-state index in [-0.39, 0.29) is 0 Å². The van der Waals surface area contributed by atoms with E-state index >= 15 is 0 Å². The molecule has 0 bridgehead atoms. The lowest BCUT2D eigenvalue weighted by atomic mass is 10.9. The van der Waals surface area contributed by atoms with Crippen molar-refractivity contribution in [2.75, 3.05) is 6.61 Å². The van der Waals surface area contributed by atoms with Gasteiger partial charge in [-0.3, -0.25) is 0 Å². The maximum Gasteiger partial charge on any atom is 0.519 e. The summed E-state index contributed by atoms with van der Waals surface area (Å²) in [7, 11) is -12.5. The van der Waals surface area contributed by atoms with E-state index in [2.05, 4.69) is 4.18 Å². The average molecular weight is 371 g/mol. The quantitative estimate of drug-likeness (QED) is 0.685. The molecule has 0 heterocycles. The molecular weight excluding hydrogens is 366 g/mol. The second kappa shape index (κ2) is 6.12. The molecule has 0 saturated carbocycles. The zero-order chi connectivity index (χ0) is 16.4. The maximum absolute atomic E-state index is 12.0. The van der Waals surface area contributed by atoms with Gasteiger partial charge >= 0.3 is 21.0 Å². The molecule has 0 amide bonds. The topological polar surface area (TPSA) is 104 Å². The second-order valence-electron chi connectivity index (χ2n) is 2.63. The van der Waals surface area contributed by atoms with Crippen molar-refractivity contribution < 1.29 is 47.4 Å². The van der Waals surface area contributed by atoms with Gasteiger partial charge in [-0.25, -0.2) is 8.42 Å². The molecule has 1 atom stereocenters. The predicted octanol–water partition coefficient (Wildman–Crippen LogP) is 1.73. The summed E-state index contributed by atoms with van der Waals surface area (Å²) in [5.74, 6) is 0. The Hall–Kier alpha value is -0.450. The highest BCUT2D eigenvalue weighted by Crippen LogP contribution is 2.31. The molecule has 20 heavy (non-hydrogen) atoms. The lowest BCUT2D eigenvalue weighted by molar-refractivity contribution is -0.0436. The Balaban J connectivity index is 5.63. The summed E-state index contributed by atoms with van der Waals surface area (Å²) >= 11 is -3.32. The van der Waals surface area contributed by atoms with Crippen LogP contribution >= 0.6 is 0 Å². The summed E-state index contributed by atoms with van der Waals surface area (Å²) in [5.41, 5.74) is -11.8. The molecule has 0 radical (unpaired) electrons. The summed E-state index contributed by atoms with van der Waals surface area (Å²) in [6, 6.07) is 0. The fourth-order valence-corrected chi connectivity index (χ4v) is 3.34. The van der Waals surface area contributed by atoms with Crippen molar-refractivity contribution in [2.24, 2.45) is 3.77 Å². The first kappa shape index (κ1) is 19.6. The molecular formula is C4H5F6N2O5S3-. The van der Waals surface area contributed by atoms with Crippen LogP contribution < -0.4 is 0 Å². The van der Waals surface area contributed by atoms with Crippen LogP contribution in [0.3, 0.4) is 0 Å². The molecule has 122 valence electrons. The van der Waals surface area contributed by atoms with Crippen molar-refractivity contribution in [1.82, 2.24) is 0 Å². The van der Waals surface area contributed by atoms with Crippen LogP contribution in [0.15, 0.2) is 3.77 Å². The highest BCUT2D eigenvalue weighted by atomic mass is 32.3. The van der Waals surface area contributed by atoms with Crippen molar-refractivity contribution in [3.05, 3.63) is 4.13 Å². The maximum atomic E-state index is 12.0. The van der Waals surface area contributed by atoms with E-state index < -0.39 is 48.8 Å². The summed E-state index contributed by atoms with van der Waals surface area (Å²) in [6.07, 6.45) is 0. The van der Waals surface area contributed by atoms with E-state index in [1.54, 1.807) is 0 Å². The largest absolute Gasteiger partial charge is 0.519 e. The number of halogens is 6. The highest BCUT2D eigenvalue weighted by Gasteiger charge is 2.46. The van der Waals surface area contributed by atoms with Crippen molar-refractivity contribution in [3.8, 4) is 0 Å². The van der Waals surface area contributed by atoms with Gasteiger partial charge in [0, 0.05) is 0 Å². The van der Waals surface area contributed by atoms with E-state index in [9.17, 15) is 43.2 Å². The van der Waals surface area contributed by atoms with E-state index in [0.717, 1.165) is 6.92 Å². The average Bonchev–Trinajstić information content (AvgIpc) is 2.12. The molecule has 0 rings (SSSR count). The normalized spacial score (nSPS) is 16.4. The van der Waals surface area contributed by atoms with Gasteiger partial charge in [-0.15, -0.1) is 3.77 Å². The molecule has 0 fully saturated rings. The molecule has 0 aromatic rings. The van der Waals surface area contributed by atoms with Crippen molar-refractivity contribution in [3.63, 3.8) is 0 Å². The third-order valence-electron chi connectivity index (χ3n) is 1.13. The number of sulfonamides is 2. The van der Waals surface area contributed by atoms with Crippen LogP contribution in [0.5, 0.6) is 0 Å². The minimum absolute atomic E-state index is 0.628. The molecule has 1 unspecified atom stereocenters. The lowest BCUT2D eigenvalue weighted by Crippen LogP contribution is -2.25. The molecule has 0 aliphatic heterocycles. The van der Waals surface area contributed by atoms with Gasteiger partial charge in [0.25, 0.3) is 0 Å². The Labute approximate surface area is 111 Å². The Morgan fingerprint density at radius 2 is 1.50 bits per heavy atom. The zero-order valence-electron chi connectivity index (χ0n) is 9.14. The molecule has 0 aromatic carbocycles. The van der Waals surface area contributed by atoms with Crippen molar-refractivity contribution in [2.45, 2.75) is 17.9 Å². The van der Waals surface area contributed by atoms with Gasteiger partial charge in [0.2, 0.25) is 0 Å². The van der Waals surface area contributed by atoms with Gasteiger partial charge < -0.3 is 8.31 Å². The minimum Gasteiger partial charge on any atom is -0.449 e. The Morgan fingerprint density at radius 3 is 1.80 bits per heavy atom. The highest BCUT2D eigenvalue weighted by molar-refractivity contribution is 8.11. The molecule has 0 spiro atoms. The van der Waals surface area contributed by atoms with Gasteiger partial charge in [-0.1, -0.05) is 0 Å². The number of nitrogens with zero attached hydrogens (tertiary/aromatic N) is 2. The van der Waals surface area contributed by atoms with Gasteiger partial charge in [-0.05, 0) is 18.1 Å². The van der Waals surface area contributed by atoms with Gasteiger partial charge in [0.05, 0.1) is 6.61 Å². The molecule has 0 aromatic heterocycles. The van der Waals surface area contributed by atoms with E-state index in [4.69, 9.17) is 0 Å². The minimum atomic E-state index is -6.25. The van der Waals surface area contributed by atoms with Crippen molar-refractivity contribution in [1.29, 1.82) is 0 Å². The molecule has 16 heteroatoms. The van der Waals surface area contributed by atoms with Gasteiger partial charge in [0.1, 0.15) is 0 Å². The fraction of sp³-hybridized carbons (Fsp3) is 1.00. The van der Waals surface area contributed by atoms with Crippen molar-refractivity contribution >= 4 is 31.2 Å². The van der Waals surface area contributed by atoms with Gasteiger partial charge in [-0.2, -0.15) is 34.8 Å². The SMILES string of the molecule is CCOS(=NS(=O)(=O)C(F)(F)F)[N-]S(=O)(=O)C(F)(F)F. The van der Waals surface area contributed by atoms with E-state index in [1.165, 1.54) is 0 Å². The standard InChI is InChI=1S/C4H5F6N2O5S3/c1-2-17-18(11-19(13,14)3(5,6)7)12-20(15,16)4(8,9)10/h2H2,1H3/q-1. The summed E-state index contributed by atoms with van der Waals surface area (Å²) in [4.78, 5) is 0. The first-order chi connectivity index (χ1) is 8.64. The first-order valence-electron chi connectivity index (χ1n) is 4.10. The number of hydrogen-bond acceptors (Lipinski definition) is 5. The Morgan fingerprint density at radius 1 is 1.05 bits per heavy atom. The molecule has 0 N–H and O–H groups in total. The third kappa shape index (κ3) is 5.15. The summed E-state index contributed by atoms with van der Waals surface area (Å²) in [6.45, 7) is 0.419. The molecule has 0 aliphatic carbocycles. The van der Waals surface area contributed by atoms with Crippen LogP contribution in [0.25, 0.3) is 4.13 Å². The van der Waals surface area contributed by atoms with Crippen LogP contribution in [-0.2, 0) is 35.4 Å². The van der Waals surface area contributed by atoms with E-state index in [0.29, 0.717) is 0 Å². The summed E-state index contributed by atoms with van der Waals surface area (Å²) in [5, 5.41) is 0. The number of hydrogen-bond donors (Lipinski definition) is 0. The fourth-order valence-electron chi connectivity index (χ4n) is 0.414. The van der Waals surface area contributed by atoms with Crippen LogP contribution in [0.2, 0.25) is 0 Å². The molecule has 0 aliphatic rings. The summed E-state index contributed by atoms with van der Waals surface area (Å²) < 4.78 is 122. The van der Waals surface area contributed by atoms with Crippen LogP contribution in [0.1, 0.15) is 6.92 Å². The van der Waals surface area contributed by atoms with E-state index in [1.807, 2.05) is 7.90 Å². The van der Waals surface area contributed by atoms with Gasteiger partial charge in [0.15, 0.2) is 10.0 Å². The second-order valence-corrected chi connectivity index (χ2v) is 7.34. The third-order valence-corrected chi connectivity index (χ3v) is 5.34. The number of rotatable bonds is 5. The monoisotopic (exact) mass is 371 g/mol. The first-order valence-corrected chi connectivity index (χ1v) is 8.05. The predicted molar refractivity (Wildman–Crippen MR) is 54.7 cm³/mol. The van der Waals surface area contributed by atoms with Crippen LogP contribution in [0, 0.1) is 0 Å². The van der Waals surface area contributed by atoms with Crippen LogP contribution in [0.4, 0.5) is 26.3 Å². The smallest absolute Gasteiger partial charge is 0.449 e. The van der Waals surface area contributed by atoms with Crippen LogP contribution in [-0.4, -0.2) is 34.5 Å². The lowest BCUT2D eigenvalue weighted by Gasteiger charge is -2.24. The number of alkyl halides is 6. The molecule has 7 nitrogen and oxygen atoms in total. The molecule has 0 saturated heterocycles. The zero-order valence-corrected chi connectivity index (χ0v) is 11.6. The Kier molecular flexibility index (Phi) is 5.98. The Bertz CT molecular complexity index is 575.